The van der Waals surface area contributed by atoms with Crippen LogP contribution in [0.5, 0.6) is 5.75 Å². The zero-order valence-electron chi connectivity index (χ0n) is 12.4. The van der Waals surface area contributed by atoms with Crippen molar-refractivity contribution < 1.29 is 5.11 Å². The van der Waals surface area contributed by atoms with E-state index in [2.05, 4.69) is 25.5 Å². The number of phenolic OH excluding ortho intramolecular Hbond substituents is 1. The van der Waals surface area contributed by atoms with E-state index in [1.807, 2.05) is 6.92 Å². The maximum Gasteiger partial charge on any atom is 0.327 e. The average molecular weight is 346 g/mol. The molecule has 1 aliphatic rings. The molecule has 0 bridgehead atoms. The number of aromatic amines is 3. The van der Waals surface area contributed by atoms with E-state index in [0.29, 0.717) is 16.9 Å². The average Bonchev–Trinajstić information content (AvgIpc) is 2.89. The highest BCUT2D eigenvalue weighted by Gasteiger charge is 2.34. The Morgan fingerprint density at radius 2 is 2.00 bits per heavy atom. The van der Waals surface area contributed by atoms with Gasteiger partial charge in [-0.25, -0.2) is 4.79 Å². The van der Waals surface area contributed by atoms with Crippen molar-refractivity contribution in [3.8, 4) is 5.75 Å². The fourth-order valence-corrected chi connectivity index (χ4v) is 3.24. The van der Waals surface area contributed by atoms with Gasteiger partial charge in [-0.05, 0) is 24.6 Å². The minimum atomic E-state index is -0.607. The first kappa shape index (κ1) is 14.6. The second-order valence-electron chi connectivity index (χ2n) is 5.58. The van der Waals surface area contributed by atoms with Crippen molar-refractivity contribution in [1.29, 1.82) is 0 Å². The molecule has 0 unspecified atom stereocenters. The van der Waals surface area contributed by atoms with Crippen molar-refractivity contribution in [2.45, 2.75) is 12.8 Å². The van der Waals surface area contributed by atoms with Crippen molar-refractivity contribution >= 4 is 23.2 Å². The number of nitrogens with zero attached hydrogens (tertiary/aromatic N) is 1. The number of fused-ring (bicyclic) bond motifs is 2. The standard InChI is InChI=1S/C15H12ClN5O3/c1-5-9-10(6-2-3-8(22)7(16)4-6)11-12(17-13(9)21-20-5)18-15(24)19-14(11)23/h2-4,10,22H,1H3,(H4,17,18,19,20,21,23,24)/t10-/m0/s1. The molecule has 2 aromatic heterocycles. The summed E-state index contributed by atoms with van der Waals surface area (Å²) in [5.74, 6) is 0.273. The van der Waals surface area contributed by atoms with Crippen LogP contribution in [0.15, 0.2) is 27.8 Å². The summed E-state index contributed by atoms with van der Waals surface area (Å²) in [6.45, 7) is 1.84. The molecule has 0 saturated carbocycles. The van der Waals surface area contributed by atoms with Crippen molar-refractivity contribution in [3.05, 3.63) is 66.4 Å². The smallest absolute Gasteiger partial charge is 0.327 e. The molecule has 1 atom stereocenters. The van der Waals surface area contributed by atoms with Gasteiger partial charge in [-0.3, -0.25) is 19.9 Å². The maximum atomic E-state index is 12.4. The second kappa shape index (κ2) is 5.00. The van der Waals surface area contributed by atoms with Gasteiger partial charge in [-0.1, -0.05) is 17.7 Å². The van der Waals surface area contributed by atoms with Gasteiger partial charge < -0.3 is 10.4 Å². The lowest BCUT2D eigenvalue weighted by atomic mass is 9.83. The van der Waals surface area contributed by atoms with Crippen LogP contribution in [0.3, 0.4) is 0 Å². The van der Waals surface area contributed by atoms with Gasteiger partial charge in [0.25, 0.3) is 5.56 Å². The van der Waals surface area contributed by atoms with Crippen LogP contribution in [0.4, 0.5) is 11.6 Å². The van der Waals surface area contributed by atoms with Crippen LogP contribution >= 0.6 is 11.6 Å². The van der Waals surface area contributed by atoms with E-state index in [9.17, 15) is 14.7 Å². The fourth-order valence-electron chi connectivity index (χ4n) is 3.06. The lowest BCUT2D eigenvalue weighted by molar-refractivity contribution is 0.475. The summed E-state index contributed by atoms with van der Waals surface area (Å²) in [6.07, 6.45) is 0. The van der Waals surface area contributed by atoms with E-state index in [0.717, 1.165) is 11.3 Å². The van der Waals surface area contributed by atoms with Crippen LogP contribution in [-0.2, 0) is 0 Å². The van der Waals surface area contributed by atoms with Crippen molar-refractivity contribution in [2.75, 3.05) is 5.32 Å². The SMILES string of the molecule is Cc1[nH]nc2c1[C@H](c1ccc(O)c(Cl)c1)c1c([nH]c(=O)[nH]c1=O)N2. The topological polar surface area (TPSA) is 127 Å². The molecule has 0 aliphatic carbocycles. The first-order valence-electron chi connectivity index (χ1n) is 7.12. The molecule has 9 heteroatoms. The number of rotatable bonds is 1. The molecule has 0 spiro atoms. The number of aryl methyl sites for hydroxylation is 1. The van der Waals surface area contributed by atoms with Gasteiger partial charge in [0.2, 0.25) is 0 Å². The van der Waals surface area contributed by atoms with Crippen LogP contribution in [0.1, 0.15) is 28.3 Å². The number of halogens is 1. The van der Waals surface area contributed by atoms with Gasteiger partial charge in [0.1, 0.15) is 11.6 Å². The summed E-state index contributed by atoms with van der Waals surface area (Å²) in [7, 11) is 0. The number of H-pyrrole nitrogens is 3. The van der Waals surface area contributed by atoms with Gasteiger partial charge in [-0.2, -0.15) is 5.10 Å². The predicted octanol–water partition coefficient (Wildman–Crippen LogP) is 1.69. The molecule has 4 rings (SSSR count). The molecule has 5 N–H and O–H groups in total. The lowest BCUT2D eigenvalue weighted by Crippen LogP contribution is -2.31. The third-order valence-electron chi connectivity index (χ3n) is 4.10. The number of benzene rings is 1. The zero-order chi connectivity index (χ0) is 17.0. The lowest BCUT2D eigenvalue weighted by Gasteiger charge is -2.25. The number of aromatic nitrogens is 4. The summed E-state index contributed by atoms with van der Waals surface area (Å²) in [4.78, 5) is 28.9. The summed E-state index contributed by atoms with van der Waals surface area (Å²) < 4.78 is 0. The number of anilines is 2. The monoisotopic (exact) mass is 345 g/mol. The quantitative estimate of drug-likeness (QED) is 0.359. The largest absolute Gasteiger partial charge is 0.506 e. The highest BCUT2D eigenvalue weighted by Crippen LogP contribution is 2.43. The molecule has 122 valence electrons. The molecule has 0 amide bonds. The maximum absolute atomic E-state index is 12.4. The molecule has 3 heterocycles. The van der Waals surface area contributed by atoms with Crippen molar-refractivity contribution in [2.24, 2.45) is 0 Å². The predicted molar refractivity (Wildman–Crippen MR) is 88.4 cm³/mol. The summed E-state index contributed by atoms with van der Waals surface area (Å²) in [6, 6.07) is 4.74. The molecule has 1 aromatic carbocycles. The Kier molecular flexibility index (Phi) is 3.04. The Labute approximate surface area is 139 Å². The minimum Gasteiger partial charge on any atom is -0.506 e. The van der Waals surface area contributed by atoms with E-state index in [-0.39, 0.29) is 16.6 Å². The molecule has 0 radical (unpaired) electrons. The normalized spacial score (nSPS) is 15.5. The third-order valence-corrected chi connectivity index (χ3v) is 4.40. The van der Waals surface area contributed by atoms with Gasteiger partial charge >= 0.3 is 5.69 Å². The summed E-state index contributed by atoms with van der Waals surface area (Å²) >= 11 is 6.03. The first-order chi connectivity index (χ1) is 11.5. The van der Waals surface area contributed by atoms with Crippen LogP contribution < -0.4 is 16.6 Å². The third kappa shape index (κ3) is 2.04. The summed E-state index contributed by atoms with van der Waals surface area (Å²) in [5, 5.41) is 19.9. The van der Waals surface area contributed by atoms with Crippen LogP contribution in [0, 0.1) is 6.92 Å². The zero-order valence-corrected chi connectivity index (χ0v) is 13.2. The highest BCUT2D eigenvalue weighted by atomic mass is 35.5. The Morgan fingerprint density at radius 1 is 1.21 bits per heavy atom. The van der Waals surface area contributed by atoms with E-state index >= 15 is 0 Å². The number of aromatic hydroxyl groups is 1. The van der Waals surface area contributed by atoms with Gasteiger partial charge in [0.05, 0.1) is 10.6 Å². The number of hydrogen-bond acceptors (Lipinski definition) is 5. The molecule has 8 nitrogen and oxygen atoms in total. The van der Waals surface area contributed by atoms with Gasteiger partial charge in [0.15, 0.2) is 5.82 Å². The number of nitrogens with one attached hydrogen (secondary N) is 4. The van der Waals surface area contributed by atoms with E-state index < -0.39 is 17.2 Å². The number of phenols is 1. The van der Waals surface area contributed by atoms with E-state index in [1.165, 1.54) is 6.07 Å². The molecule has 3 aromatic rings. The van der Waals surface area contributed by atoms with Crippen LogP contribution in [-0.4, -0.2) is 25.3 Å². The Bertz CT molecular complexity index is 1080. The van der Waals surface area contributed by atoms with Crippen molar-refractivity contribution in [3.63, 3.8) is 0 Å². The highest BCUT2D eigenvalue weighted by molar-refractivity contribution is 6.32. The Hall–Kier alpha value is -3.00. The molecular weight excluding hydrogens is 334 g/mol. The first-order valence-corrected chi connectivity index (χ1v) is 7.50. The fraction of sp³-hybridized carbons (Fsp3) is 0.133. The summed E-state index contributed by atoms with van der Waals surface area (Å²) in [5.41, 5.74) is 1.51. The molecule has 1 aliphatic heterocycles. The van der Waals surface area contributed by atoms with Gasteiger partial charge in [0, 0.05) is 17.2 Å². The van der Waals surface area contributed by atoms with Crippen LogP contribution in [0.25, 0.3) is 0 Å². The molecular formula is C15H12ClN5O3. The molecule has 0 fully saturated rings. The van der Waals surface area contributed by atoms with Gasteiger partial charge in [-0.15, -0.1) is 0 Å². The Balaban J connectivity index is 2.05. The number of hydrogen-bond donors (Lipinski definition) is 5. The van der Waals surface area contributed by atoms with Crippen molar-refractivity contribution in [1.82, 2.24) is 20.2 Å². The van der Waals surface area contributed by atoms with E-state index in [1.54, 1.807) is 12.1 Å². The second-order valence-corrected chi connectivity index (χ2v) is 5.98. The molecule has 0 saturated heterocycles. The minimum absolute atomic E-state index is 0.0471. The van der Waals surface area contributed by atoms with E-state index in [4.69, 9.17) is 11.6 Å². The Morgan fingerprint density at radius 3 is 2.75 bits per heavy atom. The molecule has 24 heavy (non-hydrogen) atoms. The van der Waals surface area contributed by atoms with Crippen LogP contribution in [0.2, 0.25) is 5.02 Å².